The van der Waals surface area contributed by atoms with E-state index in [0.29, 0.717) is 18.3 Å². The molecule has 0 radical (unpaired) electrons. The molecule has 1 aromatic rings. The molecule has 1 aromatic heterocycles. The van der Waals surface area contributed by atoms with Gasteiger partial charge in [0.25, 0.3) is 0 Å². The van der Waals surface area contributed by atoms with Gasteiger partial charge in [0, 0.05) is 5.25 Å². The molecule has 0 aliphatic heterocycles. The second-order valence-electron chi connectivity index (χ2n) is 4.29. The van der Waals surface area contributed by atoms with E-state index in [1.165, 1.54) is 4.21 Å². The second kappa shape index (κ2) is 5.42. The molecule has 2 N–H and O–H groups in total. The Kier molecular flexibility index (Phi) is 4.12. The highest BCUT2D eigenvalue weighted by molar-refractivity contribution is 8.01. The van der Waals surface area contributed by atoms with Crippen molar-refractivity contribution >= 4 is 29.1 Å². The number of ether oxygens (including phenoxy) is 1. The van der Waals surface area contributed by atoms with Crippen LogP contribution in [0.3, 0.4) is 0 Å². The molecule has 1 saturated carbocycles. The predicted molar refractivity (Wildman–Crippen MR) is 71.4 cm³/mol. The van der Waals surface area contributed by atoms with Gasteiger partial charge in [0.2, 0.25) is 0 Å². The minimum absolute atomic E-state index is 0.241. The average molecular weight is 271 g/mol. The third-order valence-corrected chi connectivity index (χ3v) is 5.31. The number of hydrogen-bond donors (Lipinski definition) is 1. The highest BCUT2D eigenvalue weighted by Gasteiger charge is 2.43. The summed E-state index contributed by atoms with van der Waals surface area (Å²) >= 11 is 3.56. The van der Waals surface area contributed by atoms with Crippen molar-refractivity contribution in [3.05, 3.63) is 17.5 Å². The highest BCUT2D eigenvalue weighted by atomic mass is 32.2. The molecule has 94 valence electrons. The van der Waals surface area contributed by atoms with Crippen molar-refractivity contribution in [3.8, 4) is 0 Å². The minimum atomic E-state index is -0.759. The monoisotopic (exact) mass is 271 g/mol. The van der Waals surface area contributed by atoms with Crippen LogP contribution in [0.15, 0.2) is 21.7 Å². The molecule has 2 rings (SSSR count). The van der Waals surface area contributed by atoms with Crippen molar-refractivity contribution in [2.75, 3.05) is 6.61 Å². The largest absolute Gasteiger partial charge is 0.465 e. The van der Waals surface area contributed by atoms with Crippen LogP contribution in [-0.2, 0) is 9.53 Å². The van der Waals surface area contributed by atoms with Gasteiger partial charge in [-0.25, -0.2) is 0 Å². The topological polar surface area (TPSA) is 52.3 Å². The number of thioether (sulfide) groups is 1. The van der Waals surface area contributed by atoms with Crippen LogP contribution < -0.4 is 5.73 Å². The number of rotatable bonds is 4. The zero-order valence-corrected chi connectivity index (χ0v) is 11.5. The second-order valence-corrected chi connectivity index (χ2v) is 6.84. The Bertz CT molecular complexity index is 380. The van der Waals surface area contributed by atoms with Crippen molar-refractivity contribution in [2.45, 2.75) is 41.2 Å². The van der Waals surface area contributed by atoms with E-state index in [1.807, 2.05) is 24.8 Å². The summed E-state index contributed by atoms with van der Waals surface area (Å²) in [4.78, 5) is 11.8. The van der Waals surface area contributed by atoms with Crippen molar-refractivity contribution < 1.29 is 9.53 Å². The maximum Gasteiger partial charge on any atom is 0.326 e. The van der Waals surface area contributed by atoms with Gasteiger partial charge in [0.15, 0.2) is 0 Å². The Morgan fingerprint density at radius 3 is 3.24 bits per heavy atom. The molecule has 2 atom stereocenters. The molecule has 1 aliphatic rings. The van der Waals surface area contributed by atoms with Gasteiger partial charge in [-0.3, -0.25) is 4.79 Å². The molecule has 1 aliphatic carbocycles. The van der Waals surface area contributed by atoms with Gasteiger partial charge in [-0.2, -0.15) is 0 Å². The van der Waals surface area contributed by atoms with Crippen molar-refractivity contribution in [3.63, 3.8) is 0 Å². The molecule has 0 spiro atoms. The van der Waals surface area contributed by atoms with Crippen LogP contribution in [-0.4, -0.2) is 23.4 Å². The third-order valence-electron chi connectivity index (χ3n) is 2.96. The molecule has 1 fully saturated rings. The smallest absolute Gasteiger partial charge is 0.326 e. The molecule has 0 aromatic carbocycles. The SMILES string of the molecule is CCOC(=O)C1(N)CCC(Sc2cccs2)C1. The summed E-state index contributed by atoms with van der Waals surface area (Å²) < 4.78 is 6.34. The maximum atomic E-state index is 11.8. The maximum absolute atomic E-state index is 11.8. The summed E-state index contributed by atoms with van der Waals surface area (Å²) in [5, 5.41) is 2.50. The quantitative estimate of drug-likeness (QED) is 0.855. The Labute approximate surface area is 110 Å². The fraction of sp³-hybridized carbons (Fsp3) is 0.583. The fourth-order valence-corrected chi connectivity index (χ4v) is 4.43. The zero-order chi connectivity index (χ0) is 12.3. The zero-order valence-electron chi connectivity index (χ0n) is 9.85. The van der Waals surface area contributed by atoms with E-state index in [2.05, 4.69) is 11.4 Å². The van der Waals surface area contributed by atoms with Crippen LogP contribution in [0.5, 0.6) is 0 Å². The molecular weight excluding hydrogens is 254 g/mol. The molecule has 1 heterocycles. The Morgan fingerprint density at radius 2 is 2.59 bits per heavy atom. The van der Waals surface area contributed by atoms with Crippen LogP contribution in [0.4, 0.5) is 0 Å². The summed E-state index contributed by atoms with van der Waals surface area (Å²) in [7, 11) is 0. The summed E-state index contributed by atoms with van der Waals surface area (Å²) in [6, 6.07) is 4.15. The summed E-state index contributed by atoms with van der Waals surface area (Å²) in [5.74, 6) is -0.241. The van der Waals surface area contributed by atoms with E-state index in [0.717, 1.165) is 12.8 Å². The van der Waals surface area contributed by atoms with Crippen LogP contribution in [0.1, 0.15) is 26.2 Å². The highest BCUT2D eigenvalue weighted by Crippen LogP contribution is 2.40. The van der Waals surface area contributed by atoms with Gasteiger partial charge >= 0.3 is 5.97 Å². The lowest BCUT2D eigenvalue weighted by molar-refractivity contribution is -0.149. The Balaban J connectivity index is 1.92. The number of nitrogens with two attached hydrogens (primary N) is 1. The predicted octanol–water partition coefficient (Wildman–Crippen LogP) is 2.65. The van der Waals surface area contributed by atoms with Gasteiger partial charge < -0.3 is 10.5 Å². The first-order chi connectivity index (χ1) is 8.14. The van der Waals surface area contributed by atoms with Crippen LogP contribution in [0.25, 0.3) is 0 Å². The molecule has 3 nitrogen and oxygen atoms in total. The van der Waals surface area contributed by atoms with Gasteiger partial charge in [-0.15, -0.1) is 23.1 Å². The first-order valence-corrected chi connectivity index (χ1v) is 7.56. The number of carbonyl (C=O) groups excluding carboxylic acids is 1. The lowest BCUT2D eigenvalue weighted by atomic mass is 10.00. The van der Waals surface area contributed by atoms with Crippen molar-refractivity contribution in [2.24, 2.45) is 5.73 Å². The Morgan fingerprint density at radius 1 is 1.76 bits per heavy atom. The normalized spacial score (nSPS) is 28.2. The number of esters is 1. The average Bonchev–Trinajstić information content (AvgIpc) is 2.91. The lowest BCUT2D eigenvalue weighted by Gasteiger charge is -2.21. The van der Waals surface area contributed by atoms with Crippen LogP contribution >= 0.6 is 23.1 Å². The minimum Gasteiger partial charge on any atom is -0.465 e. The third kappa shape index (κ3) is 3.03. The molecule has 17 heavy (non-hydrogen) atoms. The van der Waals surface area contributed by atoms with E-state index < -0.39 is 5.54 Å². The Hall–Kier alpha value is -0.520. The first-order valence-electron chi connectivity index (χ1n) is 5.80. The number of carbonyl (C=O) groups is 1. The van der Waals surface area contributed by atoms with E-state index in [1.54, 1.807) is 11.3 Å². The van der Waals surface area contributed by atoms with Crippen molar-refractivity contribution in [1.82, 2.24) is 0 Å². The number of thiophene rings is 1. The molecule has 0 saturated heterocycles. The van der Waals surface area contributed by atoms with Gasteiger partial charge in [0.05, 0.1) is 10.8 Å². The van der Waals surface area contributed by atoms with E-state index in [-0.39, 0.29) is 5.97 Å². The van der Waals surface area contributed by atoms with Gasteiger partial charge in [0.1, 0.15) is 5.54 Å². The van der Waals surface area contributed by atoms with Crippen molar-refractivity contribution in [1.29, 1.82) is 0 Å². The van der Waals surface area contributed by atoms with E-state index in [4.69, 9.17) is 10.5 Å². The van der Waals surface area contributed by atoms with Crippen LogP contribution in [0, 0.1) is 0 Å². The fourth-order valence-electron chi connectivity index (χ4n) is 2.08. The molecule has 2 unspecified atom stereocenters. The molecule has 0 bridgehead atoms. The summed E-state index contributed by atoms with van der Waals surface area (Å²) in [5.41, 5.74) is 5.36. The van der Waals surface area contributed by atoms with Gasteiger partial charge in [-0.05, 0) is 37.6 Å². The summed E-state index contributed by atoms with van der Waals surface area (Å²) in [6.07, 6.45) is 2.43. The van der Waals surface area contributed by atoms with E-state index in [9.17, 15) is 4.79 Å². The van der Waals surface area contributed by atoms with E-state index >= 15 is 0 Å². The summed E-state index contributed by atoms with van der Waals surface area (Å²) in [6.45, 7) is 2.22. The number of hydrogen-bond acceptors (Lipinski definition) is 5. The molecule has 5 heteroatoms. The standard InChI is InChI=1S/C12H17NO2S2/c1-2-15-11(14)12(13)6-5-9(8-12)17-10-4-3-7-16-10/h3-4,7,9H,2,5-6,8,13H2,1H3. The first kappa shape index (κ1) is 12.9. The molecule has 0 amide bonds. The lowest BCUT2D eigenvalue weighted by Crippen LogP contribution is -2.47. The molecular formula is C12H17NO2S2. The van der Waals surface area contributed by atoms with Crippen LogP contribution in [0.2, 0.25) is 0 Å². The van der Waals surface area contributed by atoms with Gasteiger partial charge in [-0.1, -0.05) is 6.07 Å².